The summed E-state index contributed by atoms with van der Waals surface area (Å²) in [6.45, 7) is 3.32. The number of benzene rings is 1. The normalized spacial score (nSPS) is 24.7. The van der Waals surface area contributed by atoms with Gasteiger partial charge in [0.15, 0.2) is 0 Å². The first kappa shape index (κ1) is 13.1. The van der Waals surface area contributed by atoms with Gasteiger partial charge in [0.2, 0.25) is 0 Å². The highest BCUT2D eigenvalue weighted by atomic mass is 35.5. The van der Waals surface area contributed by atoms with Crippen LogP contribution in [0.2, 0.25) is 5.15 Å². The summed E-state index contributed by atoms with van der Waals surface area (Å²) < 4.78 is 0. The predicted molar refractivity (Wildman–Crippen MR) is 85.6 cm³/mol. The average molecular weight is 300 g/mol. The number of halogens is 1. The Labute approximate surface area is 130 Å². The zero-order valence-electron chi connectivity index (χ0n) is 11.8. The predicted octanol–water partition coefficient (Wildman–Crippen LogP) is 3.20. The number of hydrogen-bond acceptors (Lipinski definition) is 3. The van der Waals surface area contributed by atoms with Crippen LogP contribution in [-0.4, -0.2) is 35.1 Å². The molecule has 4 heteroatoms. The molecule has 2 atom stereocenters. The van der Waals surface area contributed by atoms with Crippen LogP contribution in [0.5, 0.6) is 0 Å². The van der Waals surface area contributed by atoms with E-state index in [1.165, 1.54) is 17.7 Å². The molecular formula is C17H18ClN3. The summed E-state index contributed by atoms with van der Waals surface area (Å²) >= 11 is 5.87. The molecule has 0 N–H and O–H groups in total. The Balaban J connectivity index is 1.43. The third-order valence-electron chi connectivity index (χ3n) is 4.67. The summed E-state index contributed by atoms with van der Waals surface area (Å²) in [6.07, 6.45) is 3.13. The fourth-order valence-electron chi connectivity index (χ4n) is 3.58. The van der Waals surface area contributed by atoms with Gasteiger partial charge in [0.05, 0.1) is 17.9 Å². The van der Waals surface area contributed by atoms with Gasteiger partial charge < -0.3 is 4.90 Å². The van der Waals surface area contributed by atoms with Crippen LogP contribution < -0.4 is 4.90 Å². The first-order chi connectivity index (χ1) is 10.3. The zero-order valence-corrected chi connectivity index (χ0v) is 12.6. The Hall–Kier alpha value is -1.58. The van der Waals surface area contributed by atoms with Crippen LogP contribution in [0.3, 0.4) is 0 Å². The van der Waals surface area contributed by atoms with E-state index in [-0.39, 0.29) is 0 Å². The summed E-state index contributed by atoms with van der Waals surface area (Å²) in [7, 11) is 0. The Kier molecular flexibility index (Phi) is 3.32. The minimum atomic E-state index is 0.564. The summed E-state index contributed by atoms with van der Waals surface area (Å²) in [6, 6.07) is 16.0. The second-order valence-corrected chi connectivity index (χ2v) is 6.26. The molecule has 2 aromatic rings. The molecule has 0 radical (unpaired) electrons. The van der Waals surface area contributed by atoms with Crippen molar-refractivity contribution < 1.29 is 0 Å². The number of likely N-dealkylation sites (tertiary alicyclic amines) is 1. The van der Waals surface area contributed by atoms with E-state index in [2.05, 4.69) is 51.2 Å². The lowest BCUT2D eigenvalue weighted by Crippen LogP contribution is -2.61. The van der Waals surface area contributed by atoms with Crippen molar-refractivity contribution in [1.82, 2.24) is 9.88 Å². The first-order valence-corrected chi connectivity index (χ1v) is 7.85. The van der Waals surface area contributed by atoms with Crippen molar-refractivity contribution >= 4 is 17.3 Å². The smallest absolute Gasteiger partial charge is 0.129 e. The van der Waals surface area contributed by atoms with Crippen LogP contribution in [0.4, 0.5) is 5.69 Å². The van der Waals surface area contributed by atoms with Gasteiger partial charge in [0.1, 0.15) is 5.15 Å². The Morgan fingerprint density at radius 1 is 1.10 bits per heavy atom. The molecule has 1 aromatic carbocycles. The van der Waals surface area contributed by atoms with Crippen molar-refractivity contribution in [2.24, 2.45) is 0 Å². The van der Waals surface area contributed by atoms with Gasteiger partial charge in [0.25, 0.3) is 0 Å². The van der Waals surface area contributed by atoms with Crippen molar-refractivity contribution in [3.8, 4) is 0 Å². The number of hydrogen-bond donors (Lipinski definition) is 0. The maximum atomic E-state index is 5.87. The van der Waals surface area contributed by atoms with E-state index >= 15 is 0 Å². The topological polar surface area (TPSA) is 19.4 Å². The number of fused-ring (bicyclic) bond motifs is 1. The van der Waals surface area contributed by atoms with E-state index in [1.807, 2.05) is 12.3 Å². The van der Waals surface area contributed by atoms with E-state index in [0.717, 1.165) is 19.6 Å². The Morgan fingerprint density at radius 3 is 2.71 bits per heavy atom. The number of nitrogens with zero attached hydrogens (tertiary/aromatic N) is 3. The maximum Gasteiger partial charge on any atom is 0.129 e. The number of aromatic nitrogens is 1. The molecule has 3 nitrogen and oxygen atoms in total. The summed E-state index contributed by atoms with van der Waals surface area (Å²) in [5.41, 5.74) is 2.61. The van der Waals surface area contributed by atoms with Gasteiger partial charge in [-0.15, -0.1) is 0 Å². The lowest BCUT2D eigenvalue weighted by Gasteiger charge is -2.47. The second-order valence-electron chi connectivity index (χ2n) is 5.87. The quantitative estimate of drug-likeness (QED) is 0.811. The highest BCUT2D eigenvalue weighted by Crippen LogP contribution is 2.36. The van der Waals surface area contributed by atoms with E-state index in [1.54, 1.807) is 0 Å². The van der Waals surface area contributed by atoms with Gasteiger partial charge in [-0.25, -0.2) is 4.98 Å². The van der Waals surface area contributed by atoms with Crippen LogP contribution in [-0.2, 0) is 6.54 Å². The van der Waals surface area contributed by atoms with E-state index in [9.17, 15) is 0 Å². The third kappa shape index (κ3) is 2.41. The van der Waals surface area contributed by atoms with Gasteiger partial charge >= 0.3 is 0 Å². The molecule has 0 spiro atoms. The SMILES string of the molecule is Clc1ccc(N2CC[C@@H]3[C@H]2CN3Cc2ccccc2)cn1. The van der Waals surface area contributed by atoms with Gasteiger partial charge in [-0.1, -0.05) is 41.9 Å². The highest BCUT2D eigenvalue weighted by molar-refractivity contribution is 6.29. The van der Waals surface area contributed by atoms with Crippen molar-refractivity contribution in [1.29, 1.82) is 0 Å². The highest BCUT2D eigenvalue weighted by Gasteiger charge is 2.46. The summed E-state index contributed by atoms with van der Waals surface area (Å²) in [5, 5.41) is 0.564. The van der Waals surface area contributed by atoms with E-state index < -0.39 is 0 Å². The third-order valence-corrected chi connectivity index (χ3v) is 4.90. The van der Waals surface area contributed by atoms with Crippen molar-refractivity contribution in [3.63, 3.8) is 0 Å². The van der Waals surface area contributed by atoms with Gasteiger partial charge in [-0.2, -0.15) is 0 Å². The molecule has 4 rings (SSSR count). The van der Waals surface area contributed by atoms with Crippen molar-refractivity contribution in [2.45, 2.75) is 25.0 Å². The summed E-state index contributed by atoms with van der Waals surface area (Å²) in [4.78, 5) is 9.27. The lowest BCUT2D eigenvalue weighted by atomic mass is 9.96. The fourth-order valence-corrected chi connectivity index (χ4v) is 3.69. The molecule has 0 unspecified atom stereocenters. The molecule has 108 valence electrons. The van der Waals surface area contributed by atoms with E-state index in [4.69, 9.17) is 11.6 Å². The Bertz CT molecular complexity index is 614. The number of anilines is 1. The standard InChI is InChI=1S/C17H18ClN3/c18-17-7-6-14(10-19-17)21-9-8-15-16(21)12-20(15)11-13-4-2-1-3-5-13/h1-7,10,15-16H,8-9,11-12H2/t15-,16-/m1/s1. The van der Waals surface area contributed by atoms with E-state index in [0.29, 0.717) is 17.2 Å². The van der Waals surface area contributed by atoms with Gasteiger partial charge in [-0.3, -0.25) is 4.90 Å². The number of pyridine rings is 1. The van der Waals surface area contributed by atoms with Gasteiger partial charge in [-0.05, 0) is 24.1 Å². The zero-order chi connectivity index (χ0) is 14.2. The molecule has 0 aliphatic carbocycles. The van der Waals surface area contributed by atoms with Crippen LogP contribution in [0.25, 0.3) is 0 Å². The molecule has 2 aliphatic heterocycles. The monoisotopic (exact) mass is 299 g/mol. The molecular weight excluding hydrogens is 282 g/mol. The summed E-state index contributed by atoms with van der Waals surface area (Å²) in [5.74, 6) is 0. The minimum Gasteiger partial charge on any atom is -0.364 e. The van der Waals surface area contributed by atoms with Crippen LogP contribution in [0, 0.1) is 0 Å². The molecule has 2 aliphatic rings. The van der Waals surface area contributed by atoms with Gasteiger partial charge in [0, 0.05) is 25.7 Å². The van der Waals surface area contributed by atoms with Crippen molar-refractivity contribution in [2.75, 3.05) is 18.0 Å². The average Bonchev–Trinajstić information content (AvgIpc) is 2.84. The molecule has 0 bridgehead atoms. The fraction of sp³-hybridized carbons (Fsp3) is 0.353. The van der Waals surface area contributed by atoms with Crippen LogP contribution in [0.15, 0.2) is 48.7 Å². The Morgan fingerprint density at radius 2 is 1.95 bits per heavy atom. The van der Waals surface area contributed by atoms with Crippen molar-refractivity contribution in [3.05, 3.63) is 59.4 Å². The molecule has 21 heavy (non-hydrogen) atoms. The largest absolute Gasteiger partial charge is 0.364 e. The molecule has 0 amide bonds. The molecule has 0 saturated carbocycles. The molecule has 2 fully saturated rings. The molecule has 1 aromatic heterocycles. The number of rotatable bonds is 3. The maximum absolute atomic E-state index is 5.87. The minimum absolute atomic E-state index is 0.564. The first-order valence-electron chi connectivity index (χ1n) is 7.47. The lowest BCUT2D eigenvalue weighted by molar-refractivity contribution is 0.0737. The van der Waals surface area contributed by atoms with Crippen LogP contribution in [0.1, 0.15) is 12.0 Å². The van der Waals surface area contributed by atoms with Crippen LogP contribution >= 0.6 is 11.6 Å². The second kappa shape index (κ2) is 5.32. The molecule has 3 heterocycles. The molecule has 2 saturated heterocycles.